The lowest BCUT2D eigenvalue weighted by molar-refractivity contribution is -0.143. The Bertz CT molecular complexity index is 1040. The van der Waals surface area contributed by atoms with Crippen LogP contribution >= 0.6 is 12.4 Å². The summed E-state index contributed by atoms with van der Waals surface area (Å²) in [6.07, 6.45) is -8.37. The summed E-state index contributed by atoms with van der Waals surface area (Å²) in [4.78, 5) is 16.6. The van der Waals surface area contributed by atoms with Crippen LogP contribution in [0, 0.1) is 11.7 Å². The monoisotopic (exact) mass is 584 g/mol. The summed E-state index contributed by atoms with van der Waals surface area (Å²) in [6.45, 7) is 2.54. The maximum atomic E-state index is 13.6. The van der Waals surface area contributed by atoms with Crippen molar-refractivity contribution in [1.29, 1.82) is 0 Å². The van der Waals surface area contributed by atoms with Crippen LogP contribution in [0.25, 0.3) is 0 Å². The maximum Gasteiger partial charge on any atom is 0.416 e. The first kappa shape index (κ1) is 32.8. The molecule has 0 aliphatic carbocycles. The summed E-state index contributed by atoms with van der Waals surface area (Å²) in [5, 5.41) is 0. The van der Waals surface area contributed by atoms with E-state index in [0.717, 1.165) is 42.9 Å². The van der Waals surface area contributed by atoms with Gasteiger partial charge in [-0.05, 0) is 79.2 Å². The molecule has 2 aromatic rings. The zero-order valence-electron chi connectivity index (χ0n) is 21.6. The second kappa shape index (κ2) is 13.8. The topological polar surface area (TPSA) is 32.8 Å². The Kier molecular flexibility index (Phi) is 11.6. The van der Waals surface area contributed by atoms with Crippen LogP contribution in [0.4, 0.5) is 30.7 Å². The van der Waals surface area contributed by atoms with Gasteiger partial charge in [-0.3, -0.25) is 4.79 Å². The van der Waals surface area contributed by atoms with E-state index in [-0.39, 0.29) is 42.3 Å². The number of carbonyl (C=O) groups excluding carboxylic acids is 1. The third-order valence-corrected chi connectivity index (χ3v) is 7.00. The van der Waals surface area contributed by atoms with E-state index >= 15 is 0 Å². The van der Waals surface area contributed by atoms with Gasteiger partial charge in [0, 0.05) is 33.7 Å². The van der Waals surface area contributed by atoms with Gasteiger partial charge < -0.3 is 14.5 Å². The zero-order chi connectivity index (χ0) is 28.1. The molecule has 3 rings (SSSR count). The van der Waals surface area contributed by atoms with Crippen molar-refractivity contribution in [3.8, 4) is 0 Å². The number of benzene rings is 2. The third kappa shape index (κ3) is 9.36. The van der Waals surface area contributed by atoms with Gasteiger partial charge in [0.1, 0.15) is 5.82 Å². The van der Waals surface area contributed by atoms with E-state index in [1.807, 2.05) is 0 Å². The van der Waals surface area contributed by atoms with Crippen molar-refractivity contribution >= 4 is 18.3 Å². The molecular weight excluding hydrogens is 553 g/mol. The second-order valence-corrected chi connectivity index (χ2v) is 9.70. The number of hydrogen-bond acceptors (Lipinski definition) is 3. The molecule has 0 spiro atoms. The number of likely N-dealkylation sites (tertiary alicyclic amines) is 1. The third-order valence-electron chi connectivity index (χ3n) is 7.00. The summed E-state index contributed by atoms with van der Waals surface area (Å²) < 4.78 is 98.1. The Balaban J connectivity index is 0.00000533. The molecule has 1 atom stereocenters. The quantitative estimate of drug-likeness (QED) is 0.305. The van der Waals surface area contributed by atoms with Gasteiger partial charge in [0.15, 0.2) is 0 Å². The van der Waals surface area contributed by atoms with Crippen LogP contribution in [0.15, 0.2) is 42.5 Å². The molecule has 0 radical (unpaired) electrons. The number of nitrogens with zero attached hydrogens (tertiary/aromatic N) is 2. The molecule has 1 fully saturated rings. The summed E-state index contributed by atoms with van der Waals surface area (Å²) in [5.41, 5.74) is -2.35. The minimum atomic E-state index is -4.97. The molecule has 2 aromatic carbocycles. The van der Waals surface area contributed by atoms with Crippen LogP contribution in [0.1, 0.15) is 47.4 Å². The SMILES string of the molecule is COCCN1CCC(C(CC(=O)N(C)Cc2cc(C(F)(F)F)cc(C(F)(F)F)c2)c2ccc(F)cc2)CC1.Cl. The van der Waals surface area contributed by atoms with Crippen molar-refractivity contribution in [2.75, 3.05) is 40.4 Å². The first-order chi connectivity index (χ1) is 17.8. The zero-order valence-corrected chi connectivity index (χ0v) is 22.4. The van der Waals surface area contributed by atoms with E-state index in [0.29, 0.717) is 18.7 Å². The predicted molar refractivity (Wildman–Crippen MR) is 135 cm³/mol. The number of halogens is 8. The standard InChI is InChI=1S/C27H31F7N2O2.ClH/c1-35(17-18-13-21(26(29,30)31)15-22(14-18)27(32,33)34)25(37)16-24(19-3-5-23(28)6-4-19)20-7-9-36(10-8-20)11-12-38-2;/h3-6,13-15,20,24H,7-12,16-17H2,1-2H3;1H. The van der Waals surface area contributed by atoms with Crippen LogP contribution < -0.4 is 0 Å². The van der Waals surface area contributed by atoms with Crippen molar-refractivity contribution in [1.82, 2.24) is 9.80 Å². The number of amides is 1. The Labute approximate surface area is 229 Å². The molecule has 1 aliphatic rings. The van der Waals surface area contributed by atoms with Crippen LogP contribution in [-0.4, -0.2) is 56.1 Å². The molecule has 0 bridgehead atoms. The highest BCUT2D eigenvalue weighted by Gasteiger charge is 2.37. The van der Waals surface area contributed by atoms with E-state index in [4.69, 9.17) is 4.74 Å². The fourth-order valence-electron chi connectivity index (χ4n) is 4.88. The highest BCUT2D eigenvalue weighted by molar-refractivity contribution is 5.85. The lowest BCUT2D eigenvalue weighted by Crippen LogP contribution is -2.38. The average molecular weight is 585 g/mol. The predicted octanol–water partition coefficient (Wildman–Crippen LogP) is 6.78. The summed E-state index contributed by atoms with van der Waals surface area (Å²) in [7, 11) is 2.98. The van der Waals surface area contributed by atoms with Crippen LogP contribution in [0.3, 0.4) is 0 Å². The van der Waals surface area contributed by atoms with Crippen LogP contribution in [-0.2, 0) is 28.4 Å². The number of methoxy groups -OCH3 is 1. The molecule has 1 heterocycles. The number of carbonyl (C=O) groups is 1. The van der Waals surface area contributed by atoms with Gasteiger partial charge >= 0.3 is 12.4 Å². The molecule has 1 aliphatic heterocycles. The molecule has 0 saturated carbocycles. The second-order valence-electron chi connectivity index (χ2n) is 9.70. The van der Waals surface area contributed by atoms with Crippen molar-refractivity contribution in [2.24, 2.45) is 5.92 Å². The smallest absolute Gasteiger partial charge is 0.383 e. The van der Waals surface area contributed by atoms with Gasteiger partial charge in [-0.1, -0.05) is 12.1 Å². The molecule has 1 amide bonds. The van der Waals surface area contributed by atoms with E-state index in [2.05, 4.69) is 4.90 Å². The van der Waals surface area contributed by atoms with Gasteiger partial charge in [-0.25, -0.2) is 4.39 Å². The van der Waals surface area contributed by atoms with Crippen molar-refractivity contribution in [3.63, 3.8) is 0 Å². The van der Waals surface area contributed by atoms with Gasteiger partial charge in [-0.15, -0.1) is 12.4 Å². The van der Waals surface area contributed by atoms with E-state index in [9.17, 15) is 35.5 Å². The Morgan fingerprint density at radius 3 is 2.03 bits per heavy atom. The number of hydrogen-bond donors (Lipinski definition) is 0. The lowest BCUT2D eigenvalue weighted by atomic mass is 9.78. The van der Waals surface area contributed by atoms with Crippen molar-refractivity contribution in [3.05, 3.63) is 70.5 Å². The number of ether oxygens (including phenoxy) is 1. The van der Waals surface area contributed by atoms with Crippen molar-refractivity contribution in [2.45, 2.75) is 44.1 Å². The summed E-state index contributed by atoms with van der Waals surface area (Å²) in [6, 6.07) is 7.18. The maximum absolute atomic E-state index is 13.6. The fraction of sp³-hybridized carbons (Fsp3) is 0.519. The summed E-state index contributed by atoms with van der Waals surface area (Å²) >= 11 is 0. The minimum Gasteiger partial charge on any atom is -0.383 e. The normalized spacial score (nSPS) is 16.0. The molecule has 0 N–H and O–H groups in total. The largest absolute Gasteiger partial charge is 0.416 e. The van der Waals surface area contributed by atoms with Gasteiger partial charge in [-0.2, -0.15) is 26.3 Å². The lowest BCUT2D eigenvalue weighted by Gasteiger charge is -2.36. The van der Waals surface area contributed by atoms with Crippen molar-refractivity contribution < 1.29 is 40.3 Å². The molecule has 39 heavy (non-hydrogen) atoms. The van der Waals surface area contributed by atoms with E-state index < -0.39 is 41.7 Å². The molecular formula is C27H32ClF7N2O2. The molecule has 1 saturated heterocycles. The number of alkyl halides is 6. The Morgan fingerprint density at radius 1 is 1.00 bits per heavy atom. The van der Waals surface area contributed by atoms with Gasteiger partial charge in [0.05, 0.1) is 17.7 Å². The summed E-state index contributed by atoms with van der Waals surface area (Å²) in [5.74, 6) is -1.02. The molecule has 218 valence electrons. The minimum absolute atomic E-state index is 0. The van der Waals surface area contributed by atoms with Gasteiger partial charge in [0.25, 0.3) is 0 Å². The molecule has 0 aromatic heterocycles. The molecule has 4 nitrogen and oxygen atoms in total. The number of rotatable bonds is 9. The van der Waals surface area contributed by atoms with Crippen LogP contribution in [0.2, 0.25) is 0 Å². The van der Waals surface area contributed by atoms with Gasteiger partial charge in [0.2, 0.25) is 5.91 Å². The highest BCUT2D eigenvalue weighted by atomic mass is 35.5. The molecule has 12 heteroatoms. The first-order valence-electron chi connectivity index (χ1n) is 12.3. The Morgan fingerprint density at radius 2 is 1.54 bits per heavy atom. The van der Waals surface area contributed by atoms with Crippen LogP contribution in [0.5, 0.6) is 0 Å². The van der Waals surface area contributed by atoms with E-state index in [1.165, 1.54) is 19.2 Å². The Hall–Kier alpha value is -2.37. The average Bonchev–Trinajstić information content (AvgIpc) is 2.85. The van der Waals surface area contributed by atoms with E-state index in [1.54, 1.807) is 19.2 Å². The fourth-order valence-corrected chi connectivity index (χ4v) is 4.88. The molecule has 1 unspecified atom stereocenters. The highest BCUT2D eigenvalue weighted by Crippen LogP contribution is 2.38. The number of piperidine rings is 1. The first-order valence-corrected chi connectivity index (χ1v) is 12.3.